The average molecular weight is 427 g/mol. The molecule has 0 spiro atoms. The van der Waals surface area contributed by atoms with E-state index in [1.807, 2.05) is 80.6 Å². The number of fused-ring (bicyclic) bond motifs is 1. The Bertz CT molecular complexity index is 1310. The molecule has 0 bridgehead atoms. The second kappa shape index (κ2) is 8.14. The van der Waals surface area contributed by atoms with Gasteiger partial charge in [0.25, 0.3) is 0 Å². The summed E-state index contributed by atoms with van der Waals surface area (Å²) in [4.78, 5) is 13.3. The number of furan rings is 1. The highest BCUT2D eigenvalue weighted by atomic mass is 16.5. The van der Waals surface area contributed by atoms with Gasteiger partial charge in [-0.1, -0.05) is 59.7 Å². The number of nitrogens with one attached hydrogen (secondary N) is 1. The van der Waals surface area contributed by atoms with Crippen LogP contribution in [0.3, 0.4) is 0 Å². The SMILES string of the molecule is CC1=C(C(=O)OCc2ccccc2)C(c2ccccc2-c2ccc(C)o2)n2nnnc2N1. The van der Waals surface area contributed by atoms with Crippen LogP contribution in [-0.4, -0.2) is 26.2 Å². The molecule has 4 aromatic rings. The highest BCUT2D eigenvalue weighted by molar-refractivity contribution is 5.93. The molecule has 1 aliphatic rings. The summed E-state index contributed by atoms with van der Waals surface area (Å²) in [5.74, 6) is 1.53. The van der Waals surface area contributed by atoms with Gasteiger partial charge in [0.2, 0.25) is 5.95 Å². The molecule has 1 unspecified atom stereocenters. The number of nitrogens with zero attached hydrogens (tertiary/aromatic N) is 4. The van der Waals surface area contributed by atoms with Crippen LogP contribution >= 0.6 is 0 Å². The van der Waals surface area contributed by atoms with E-state index in [1.165, 1.54) is 0 Å². The molecule has 0 radical (unpaired) electrons. The Morgan fingerprint density at radius 3 is 2.62 bits per heavy atom. The van der Waals surface area contributed by atoms with Crippen LogP contribution in [0.15, 0.2) is 82.4 Å². The summed E-state index contributed by atoms with van der Waals surface area (Å²) < 4.78 is 13.2. The number of hydrogen-bond donors (Lipinski definition) is 1. The molecule has 8 heteroatoms. The normalized spacial score (nSPS) is 15.2. The summed E-state index contributed by atoms with van der Waals surface area (Å²) in [6.07, 6.45) is 0. The Labute approximate surface area is 184 Å². The van der Waals surface area contributed by atoms with Crippen molar-refractivity contribution in [2.24, 2.45) is 0 Å². The molecule has 8 nitrogen and oxygen atoms in total. The van der Waals surface area contributed by atoms with E-state index >= 15 is 0 Å². The number of hydrogen-bond acceptors (Lipinski definition) is 7. The first-order chi connectivity index (χ1) is 15.6. The average Bonchev–Trinajstić information content (AvgIpc) is 3.46. The molecule has 5 rings (SSSR count). The molecule has 3 heterocycles. The number of aromatic nitrogens is 4. The second-order valence-corrected chi connectivity index (χ2v) is 7.57. The first-order valence-corrected chi connectivity index (χ1v) is 10.2. The van der Waals surface area contributed by atoms with Crippen LogP contribution in [0.25, 0.3) is 11.3 Å². The van der Waals surface area contributed by atoms with E-state index in [-0.39, 0.29) is 6.61 Å². The Morgan fingerprint density at radius 1 is 1.06 bits per heavy atom. The number of carbonyl (C=O) groups excluding carboxylic acids is 1. The van der Waals surface area contributed by atoms with Crippen LogP contribution in [0.5, 0.6) is 0 Å². The number of anilines is 1. The largest absolute Gasteiger partial charge is 0.461 e. The van der Waals surface area contributed by atoms with Gasteiger partial charge in [-0.05, 0) is 47.5 Å². The first kappa shape index (κ1) is 19.7. The third kappa shape index (κ3) is 3.56. The predicted molar refractivity (Wildman–Crippen MR) is 117 cm³/mol. The van der Waals surface area contributed by atoms with Crippen molar-refractivity contribution >= 4 is 11.9 Å². The van der Waals surface area contributed by atoms with Crippen LogP contribution in [0.1, 0.15) is 29.9 Å². The zero-order valence-electron chi connectivity index (χ0n) is 17.6. The fraction of sp³-hybridized carbons (Fsp3) is 0.167. The van der Waals surface area contributed by atoms with E-state index < -0.39 is 12.0 Å². The highest BCUT2D eigenvalue weighted by Crippen LogP contribution is 2.39. The zero-order chi connectivity index (χ0) is 22.1. The van der Waals surface area contributed by atoms with Crippen molar-refractivity contribution in [3.8, 4) is 11.3 Å². The van der Waals surface area contributed by atoms with Crippen molar-refractivity contribution < 1.29 is 13.9 Å². The second-order valence-electron chi connectivity index (χ2n) is 7.57. The maximum absolute atomic E-state index is 13.3. The van der Waals surface area contributed by atoms with E-state index in [0.29, 0.717) is 23.0 Å². The third-order valence-electron chi connectivity index (χ3n) is 5.41. The van der Waals surface area contributed by atoms with Gasteiger partial charge in [0.05, 0.1) is 5.57 Å². The van der Waals surface area contributed by atoms with Gasteiger partial charge in [-0.3, -0.25) is 0 Å². The predicted octanol–water partition coefficient (Wildman–Crippen LogP) is 4.27. The number of aryl methyl sites for hydroxylation is 1. The Kier molecular flexibility index (Phi) is 5.03. The van der Waals surface area contributed by atoms with E-state index in [4.69, 9.17) is 9.15 Å². The molecular formula is C24H21N5O3. The van der Waals surface area contributed by atoms with Gasteiger partial charge in [0, 0.05) is 11.3 Å². The number of esters is 1. The third-order valence-corrected chi connectivity index (χ3v) is 5.41. The fourth-order valence-electron chi connectivity index (χ4n) is 3.90. The van der Waals surface area contributed by atoms with Gasteiger partial charge in [0.15, 0.2) is 0 Å². The molecule has 1 N–H and O–H groups in total. The minimum absolute atomic E-state index is 0.171. The number of benzene rings is 2. The molecule has 32 heavy (non-hydrogen) atoms. The molecule has 2 aromatic carbocycles. The molecule has 1 atom stereocenters. The number of tetrazole rings is 1. The zero-order valence-corrected chi connectivity index (χ0v) is 17.6. The van der Waals surface area contributed by atoms with E-state index in [9.17, 15) is 4.79 Å². The smallest absolute Gasteiger partial charge is 0.338 e. The summed E-state index contributed by atoms with van der Waals surface area (Å²) in [7, 11) is 0. The summed E-state index contributed by atoms with van der Waals surface area (Å²) >= 11 is 0. The van der Waals surface area contributed by atoms with Crippen molar-refractivity contribution in [3.05, 3.63) is 94.9 Å². The Balaban J connectivity index is 1.57. The van der Waals surface area contributed by atoms with E-state index in [0.717, 1.165) is 22.5 Å². The van der Waals surface area contributed by atoms with Crippen LogP contribution in [-0.2, 0) is 16.1 Å². The standard InChI is InChI=1S/C24H21N5O3/c1-15-12-13-20(32-15)18-10-6-7-11-19(18)22-21(16(2)25-24-26-27-28-29(22)24)23(30)31-14-17-8-4-3-5-9-17/h3-13,22H,14H2,1-2H3,(H,25,26,28). The molecule has 0 fully saturated rings. The lowest BCUT2D eigenvalue weighted by atomic mass is 9.91. The van der Waals surface area contributed by atoms with Gasteiger partial charge in [0.1, 0.15) is 24.2 Å². The van der Waals surface area contributed by atoms with Crippen LogP contribution in [0.4, 0.5) is 5.95 Å². The van der Waals surface area contributed by atoms with Crippen molar-refractivity contribution in [1.82, 2.24) is 20.2 Å². The Hall–Kier alpha value is -4.20. The minimum Gasteiger partial charge on any atom is -0.461 e. The fourth-order valence-corrected chi connectivity index (χ4v) is 3.90. The maximum Gasteiger partial charge on any atom is 0.338 e. The number of ether oxygens (including phenoxy) is 1. The van der Waals surface area contributed by atoms with Gasteiger partial charge in [-0.25, -0.2) is 4.79 Å². The maximum atomic E-state index is 13.3. The summed E-state index contributed by atoms with van der Waals surface area (Å²) in [5.41, 5.74) is 3.68. The number of carbonyl (C=O) groups is 1. The molecule has 0 amide bonds. The summed E-state index contributed by atoms with van der Waals surface area (Å²) in [6, 6.07) is 20.6. The lowest BCUT2D eigenvalue weighted by Crippen LogP contribution is -2.30. The quantitative estimate of drug-likeness (QED) is 0.475. The van der Waals surface area contributed by atoms with Gasteiger partial charge < -0.3 is 14.5 Å². The van der Waals surface area contributed by atoms with Crippen molar-refractivity contribution in [1.29, 1.82) is 0 Å². The molecule has 0 saturated carbocycles. The van der Waals surface area contributed by atoms with Gasteiger partial charge >= 0.3 is 5.97 Å². The van der Waals surface area contributed by atoms with Gasteiger partial charge in [-0.15, -0.1) is 0 Å². The van der Waals surface area contributed by atoms with E-state index in [2.05, 4.69) is 20.8 Å². The summed E-state index contributed by atoms with van der Waals surface area (Å²) in [6.45, 7) is 3.89. The van der Waals surface area contributed by atoms with Crippen molar-refractivity contribution in [2.75, 3.05) is 5.32 Å². The molecular weight excluding hydrogens is 406 g/mol. The van der Waals surface area contributed by atoms with Crippen molar-refractivity contribution in [3.63, 3.8) is 0 Å². The lowest BCUT2D eigenvalue weighted by Gasteiger charge is -2.28. The first-order valence-electron chi connectivity index (χ1n) is 10.2. The number of rotatable bonds is 5. The van der Waals surface area contributed by atoms with Crippen molar-refractivity contribution in [2.45, 2.75) is 26.5 Å². The van der Waals surface area contributed by atoms with E-state index in [1.54, 1.807) is 4.68 Å². The molecule has 1 aliphatic heterocycles. The minimum atomic E-state index is -0.578. The van der Waals surface area contributed by atoms with Crippen LogP contribution in [0, 0.1) is 6.92 Å². The molecule has 2 aromatic heterocycles. The Morgan fingerprint density at radius 2 is 1.84 bits per heavy atom. The molecule has 0 aliphatic carbocycles. The topological polar surface area (TPSA) is 95.1 Å². The monoisotopic (exact) mass is 427 g/mol. The highest BCUT2D eigenvalue weighted by Gasteiger charge is 2.36. The lowest BCUT2D eigenvalue weighted by molar-refractivity contribution is -0.140. The molecule has 0 saturated heterocycles. The van der Waals surface area contributed by atoms with Crippen LogP contribution < -0.4 is 5.32 Å². The summed E-state index contributed by atoms with van der Waals surface area (Å²) in [5, 5.41) is 15.1. The molecule has 160 valence electrons. The number of allylic oxidation sites excluding steroid dienone is 1. The van der Waals surface area contributed by atoms with Crippen LogP contribution in [0.2, 0.25) is 0 Å². The van der Waals surface area contributed by atoms with Gasteiger partial charge in [-0.2, -0.15) is 4.68 Å².